The van der Waals surface area contributed by atoms with Crippen molar-refractivity contribution in [3.63, 3.8) is 0 Å². The van der Waals surface area contributed by atoms with Crippen LogP contribution in [0.2, 0.25) is 5.02 Å². The summed E-state index contributed by atoms with van der Waals surface area (Å²) in [5.74, 6) is 0. The summed E-state index contributed by atoms with van der Waals surface area (Å²) < 4.78 is 0. The molecular weight excluding hydrogens is 224 g/mol. The maximum atomic E-state index is 9.64. The average molecular weight is 243 g/mol. The Morgan fingerprint density at radius 2 is 1.94 bits per heavy atom. The molecule has 0 fully saturated rings. The van der Waals surface area contributed by atoms with E-state index in [0.717, 1.165) is 23.7 Å². The Bertz CT molecular complexity index is 290. The number of aliphatic hydroxyl groups excluding tert-OH is 1. The van der Waals surface area contributed by atoms with Gasteiger partial charge in [0.05, 0.1) is 6.10 Å². The van der Waals surface area contributed by atoms with Gasteiger partial charge in [-0.1, -0.05) is 18.5 Å². The predicted molar refractivity (Wildman–Crippen MR) is 69.1 cm³/mol. The molecular formula is C12H19ClN2O. The van der Waals surface area contributed by atoms with Crippen LogP contribution in [0.3, 0.4) is 0 Å². The summed E-state index contributed by atoms with van der Waals surface area (Å²) in [6, 6.07) is 7.44. The van der Waals surface area contributed by atoms with E-state index in [9.17, 15) is 5.11 Å². The Labute approximate surface area is 102 Å². The van der Waals surface area contributed by atoms with Gasteiger partial charge in [0.2, 0.25) is 0 Å². The van der Waals surface area contributed by atoms with E-state index in [0.29, 0.717) is 13.1 Å². The van der Waals surface area contributed by atoms with Gasteiger partial charge in [-0.15, -0.1) is 0 Å². The number of halogens is 1. The highest BCUT2D eigenvalue weighted by Crippen LogP contribution is 2.12. The van der Waals surface area contributed by atoms with Crippen molar-refractivity contribution in [1.29, 1.82) is 0 Å². The zero-order valence-corrected chi connectivity index (χ0v) is 10.3. The topological polar surface area (TPSA) is 44.3 Å². The Hall–Kier alpha value is -0.770. The van der Waals surface area contributed by atoms with E-state index in [1.807, 2.05) is 24.3 Å². The number of aliphatic hydroxyl groups is 1. The lowest BCUT2D eigenvalue weighted by Crippen LogP contribution is -2.32. The molecule has 0 spiro atoms. The second kappa shape index (κ2) is 7.49. The van der Waals surface area contributed by atoms with Crippen molar-refractivity contribution < 1.29 is 5.11 Å². The smallest absolute Gasteiger partial charge is 0.0836 e. The third kappa shape index (κ3) is 5.35. The van der Waals surface area contributed by atoms with Gasteiger partial charge in [-0.05, 0) is 37.2 Å². The Morgan fingerprint density at radius 3 is 2.56 bits per heavy atom. The maximum absolute atomic E-state index is 9.64. The molecule has 4 heteroatoms. The summed E-state index contributed by atoms with van der Waals surface area (Å²) >= 11 is 5.77. The first-order valence-electron chi connectivity index (χ1n) is 5.60. The molecule has 3 nitrogen and oxygen atoms in total. The van der Waals surface area contributed by atoms with Crippen LogP contribution in [0.1, 0.15) is 13.3 Å². The molecule has 0 amide bonds. The van der Waals surface area contributed by atoms with Crippen LogP contribution < -0.4 is 10.6 Å². The van der Waals surface area contributed by atoms with Crippen molar-refractivity contribution in [2.24, 2.45) is 0 Å². The lowest BCUT2D eigenvalue weighted by molar-refractivity contribution is 0.184. The minimum absolute atomic E-state index is 0.373. The first-order valence-corrected chi connectivity index (χ1v) is 5.98. The fraction of sp³-hybridized carbons (Fsp3) is 0.500. The van der Waals surface area contributed by atoms with Crippen molar-refractivity contribution in [1.82, 2.24) is 5.32 Å². The molecule has 1 atom stereocenters. The SMILES string of the molecule is CCCNCC(O)CNc1ccc(Cl)cc1. The van der Waals surface area contributed by atoms with Gasteiger partial charge in [0.1, 0.15) is 0 Å². The summed E-state index contributed by atoms with van der Waals surface area (Å²) in [6.07, 6.45) is 0.708. The minimum atomic E-state index is -0.373. The van der Waals surface area contributed by atoms with E-state index in [1.165, 1.54) is 0 Å². The van der Waals surface area contributed by atoms with Gasteiger partial charge in [0.15, 0.2) is 0 Å². The molecule has 1 unspecified atom stereocenters. The second-order valence-corrected chi connectivity index (χ2v) is 4.18. The molecule has 0 aliphatic carbocycles. The van der Waals surface area contributed by atoms with Gasteiger partial charge in [0, 0.05) is 23.8 Å². The minimum Gasteiger partial charge on any atom is -0.390 e. The van der Waals surface area contributed by atoms with Crippen LogP contribution in [-0.4, -0.2) is 30.8 Å². The van der Waals surface area contributed by atoms with Crippen LogP contribution in [0.5, 0.6) is 0 Å². The lowest BCUT2D eigenvalue weighted by Gasteiger charge is -2.13. The van der Waals surface area contributed by atoms with Crippen molar-refractivity contribution >= 4 is 17.3 Å². The Morgan fingerprint density at radius 1 is 1.25 bits per heavy atom. The molecule has 0 aliphatic rings. The largest absolute Gasteiger partial charge is 0.390 e. The van der Waals surface area contributed by atoms with Crippen LogP contribution in [-0.2, 0) is 0 Å². The summed E-state index contributed by atoms with van der Waals surface area (Å²) in [5, 5.41) is 16.7. The van der Waals surface area contributed by atoms with Crippen molar-refractivity contribution in [3.05, 3.63) is 29.3 Å². The quantitative estimate of drug-likeness (QED) is 0.642. The van der Waals surface area contributed by atoms with Gasteiger partial charge in [-0.2, -0.15) is 0 Å². The van der Waals surface area contributed by atoms with Crippen LogP contribution >= 0.6 is 11.6 Å². The molecule has 0 heterocycles. The van der Waals surface area contributed by atoms with Gasteiger partial charge in [-0.3, -0.25) is 0 Å². The van der Waals surface area contributed by atoms with Gasteiger partial charge in [-0.25, -0.2) is 0 Å². The highest BCUT2D eigenvalue weighted by molar-refractivity contribution is 6.30. The fourth-order valence-corrected chi connectivity index (χ4v) is 1.45. The Balaban J connectivity index is 2.20. The number of rotatable bonds is 7. The summed E-state index contributed by atoms with van der Waals surface area (Å²) in [4.78, 5) is 0. The van der Waals surface area contributed by atoms with E-state index >= 15 is 0 Å². The van der Waals surface area contributed by atoms with E-state index < -0.39 is 0 Å². The van der Waals surface area contributed by atoms with Crippen molar-refractivity contribution in [3.8, 4) is 0 Å². The molecule has 90 valence electrons. The molecule has 0 bridgehead atoms. The van der Waals surface area contributed by atoms with Crippen molar-refractivity contribution in [2.75, 3.05) is 25.0 Å². The molecule has 1 aromatic carbocycles. The summed E-state index contributed by atoms with van der Waals surface area (Å²) in [6.45, 7) is 4.20. The summed E-state index contributed by atoms with van der Waals surface area (Å²) in [7, 11) is 0. The monoisotopic (exact) mass is 242 g/mol. The van der Waals surface area contributed by atoms with Crippen LogP contribution in [0, 0.1) is 0 Å². The van der Waals surface area contributed by atoms with E-state index in [4.69, 9.17) is 11.6 Å². The number of anilines is 1. The average Bonchev–Trinajstić information content (AvgIpc) is 2.29. The zero-order chi connectivity index (χ0) is 11.8. The van der Waals surface area contributed by atoms with Gasteiger partial charge < -0.3 is 15.7 Å². The maximum Gasteiger partial charge on any atom is 0.0836 e. The predicted octanol–water partition coefficient (Wildman–Crippen LogP) is 2.11. The number of nitrogens with one attached hydrogen (secondary N) is 2. The number of hydrogen-bond acceptors (Lipinski definition) is 3. The third-order valence-electron chi connectivity index (χ3n) is 2.19. The molecule has 0 aliphatic heterocycles. The molecule has 3 N–H and O–H groups in total. The number of hydrogen-bond donors (Lipinski definition) is 3. The zero-order valence-electron chi connectivity index (χ0n) is 9.54. The molecule has 16 heavy (non-hydrogen) atoms. The molecule has 0 radical (unpaired) electrons. The molecule has 0 saturated heterocycles. The first kappa shape index (κ1) is 13.3. The molecule has 0 aromatic heterocycles. The highest BCUT2D eigenvalue weighted by atomic mass is 35.5. The fourth-order valence-electron chi connectivity index (χ4n) is 1.32. The standard InChI is InChI=1S/C12H19ClN2O/c1-2-7-14-8-12(16)9-15-11-5-3-10(13)4-6-11/h3-6,12,14-16H,2,7-9H2,1H3. The first-order chi connectivity index (χ1) is 7.72. The normalized spacial score (nSPS) is 12.4. The van der Waals surface area contributed by atoms with Crippen LogP contribution in [0.4, 0.5) is 5.69 Å². The van der Waals surface area contributed by atoms with E-state index in [2.05, 4.69) is 17.6 Å². The molecule has 0 saturated carbocycles. The highest BCUT2D eigenvalue weighted by Gasteiger charge is 2.02. The number of benzene rings is 1. The van der Waals surface area contributed by atoms with Gasteiger partial charge >= 0.3 is 0 Å². The summed E-state index contributed by atoms with van der Waals surface area (Å²) in [5.41, 5.74) is 0.971. The van der Waals surface area contributed by atoms with E-state index in [-0.39, 0.29) is 6.10 Å². The third-order valence-corrected chi connectivity index (χ3v) is 2.44. The van der Waals surface area contributed by atoms with E-state index in [1.54, 1.807) is 0 Å². The van der Waals surface area contributed by atoms with Crippen LogP contribution in [0.25, 0.3) is 0 Å². The Kier molecular flexibility index (Phi) is 6.23. The van der Waals surface area contributed by atoms with Crippen LogP contribution in [0.15, 0.2) is 24.3 Å². The second-order valence-electron chi connectivity index (χ2n) is 3.75. The lowest BCUT2D eigenvalue weighted by atomic mass is 10.3. The van der Waals surface area contributed by atoms with Crippen molar-refractivity contribution in [2.45, 2.75) is 19.4 Å². The molecule has 1 aromatic rings. The molecule has 1 rings (SSSR count). The van der Waals surface area contributed by atoms with Gasteiger partial charge in [0.25, 0.3) is 0 Å².